The Balaban J connectivity index is 2.29. The number of aromatic nitrogens is 1. The van der Waals surface area contributed by atoms with Gasteiger partial charge in [-0.15, -0.1) is 23.5 Å². The third-order valence-corrected chi connectivity index (χ3v) is 8.15. The second-order valence-corrected chi connectivity index (χ2v) is 11.0. The summed E-state index contributed by atoms with van der Waals surface area (Å²) in [7, 11) is 0. The Morgan fingerprint density at radius 2 is 1.20 bits per heavy atom. The zero-order chi connectivity index (χ0) is 30.8. The van der Waals surface area contributed by atoms with Crippen molar-refractivity contribution in [2.24, 2.45) is 0 Å². The van der Waals surface area contributed by atoms with E-state index in [1.54, 1.807) is 0 Å². The van der Waals surface area contributed by atoms with Crippen molar-refractivity contribution in [2.45, 2.75) is 72.4 Å². The van der Waals surface area contributed by atoms with Gasteiger partial charge in [0.05, 0.1) is 25.6 Å². The maximum absolute atomic E-state index is 15.8. The van der Waals surface area contributed by atoms with E-state index in [-0.39, 0.29) is 0 Å². The summed E-state index contributed by atoms with van der Waals surface area (Å²) in [5.41, 5.74) is -2.24. The van der Waals surface area contributed by atoms with Crippen LogP contribution < -0.4 is 0 Å². The van der Waals surface area contributed by atoms with Crippen LogP contribution in [0.15, 0.2) is 14.7 Å². The number of hydrogen-bond acceptors (Lipinski definition) is 13. The van der Waals surface area contributed by atoms with Crippen molar-refractivity contribution < 1.29 is 60.4 Å². The van der Waals surface area contributed by atoms with Crippen LogP contribution in [0.4, 0.5) is 17.6 Å². The molecule has 224 valence electrons. The van der Waals surface area contributed by atoms with Gasteiger partial charge in [-0.3, -0.25) is 19.2 Å². The van der Waals surface area contributed by atoms with Crippen molar-refractivity contribution in [3.8, 4) is 0 Å². The third-order valence-electron chi connectivity index (χ3n) is 5.37. The minimum Gasteiger partial charge on any atom is -0.455 e. The first kappa shape index (κ1) is 32.8. The van der Waals surface area contributed by atoms with Crippen LogP contribution in [0.2, 0.25) is 0 Å². The summed E-state index contributed by atoms with van der Waals surface area (Å²) in [4.78, 5) is 49.6. The highest BCUT2D eigenvalue weighted by atomic mass is 32.2. The topological polar surface area (TPSA) is 127 Å². The second-order valence-electron chi connectivity index (χ2n) is 8.29. The molecular weight excluding hydrogens is 618 g/mol. The molecule has 41 heavy (non-hydrogen) atoms. The number of carbonyl (C=O) groups excluding carboxylic acids is 4. The average molecular weight is 642 g/mol. The summed E-state index contributed by atoms with van der Waals surface area (Å²) in [6.45, 7) is 4.00. The zero-order valence-electron chi connectivity index (χ0n) is 22.2. The van der Waals surface area contributed by atoms with E-state index < -0.39 is 103 Å². The van der Waals surface area contributed by atoms with Gasteiger partial charge in [-0.25, -0.2) is 18.2 Å². The van der Waals surface area contributed by atoms with Gasteiger partial charge in [-0.2, -0.15) is 4.39 Å². The number of thioether (sulfide) groups is 3. The Bertz CT molecular complexity index is 1400. The van der Waals surface area contributed by atoms with E-state index in [2.05, 4.69) is 4.98 Å². The van der Waals surface area contributed by atoms with E-state index in [1.807, 2.05) is 0 Å². The van der Waals surface area contributed by atoms with E-state index in [9.17, 15) is 28.0 Å². The van der Waals surface area contributed by atoms with Crippen molar-refractivity contribution in [1.29, 1.82) is 0 Å². The van der Waals surface area contributed by atoms with Crippen molar-refractivity contribution in [1.82, 2.24) is 4.98 Å². The van der Waals surface area contributed by atoms with Crippen LogP contribution in [0.3, 0.4) is 0 Å². The van der Waals surface area contributed by atoms with Crippen LogP contribution in [-0.2, 0) is 42.9 Å². The Morgan fingerprint density at radius 3 is 1.71 bits per heavy atom. The summed E-state index contributed by atoms with van der Waals surface area (Å²) in [6, 6.07) is 0. The Hall–Kier alpha value is -2.76. The fourth-order valence-corrected chi connectivity index (χ4v) is 6.47. The summed E-state index contributed by atoms with van der Waals surface area (Å²) in [5.74, 6) is -9.18. The number of halogens is 4. The Kier molecular flexibility index (Phi) is 10.8. The molecule has 0 saturated carbocycles. The van der Waals surface area contributed by atoms with Crippen molar-refractivity contribution in [3.05, 3.63) is 23.4 Å². The number of benzene rings is 1. The average Bonchev–Trinajstić information content (AvgIpc) is 2.86. The SMILES string of the molecule is CSc1c(F)c(SC2OC(OC(C)=O)C(OC(C)=O)C(OC(C)=O)C2OC(C)=O)c2nc(F)c(F)c(SC)c2c1F. The highest BCUT2D eigenvalue weighted by molar-refractivity contribution is 8.00. The molecule has 1 aromatic heterocycles. The second kappa shape index (κ2) is 13.5. The fourth-order valence-electron chi connectivity index (χ4n) is 3.98. The van der Waals surface area contributed by atoms with E-state index >= 15 is 8.78 Å². The lowest BCUT2D eigenvalue weighted by Gasteiger charge is -2.43. The monoisotopic (exact) mass is 641 g/mol. The van der Waals surface area contributed by atoms with Gasteiger partial charge in [0.2, 0.25) is 12.4 Å². The Morgan fingerprint density at radius 1 is 0.683 bits per heavy atom. The minimum atomic E-state index is -1.77. The predicted octanol–water partition coefficient (Wildman–Crippen LogP) is 4.37. The molecule has 0 radical (unpaired) electrons. The quantitative estimate of drug-likeness (QED) is 0.133. The molecule has 10 nitrogen and oxygen atoms in total. The van der Waals surface area contributed by atoms with Gasteiger partial charge in [0, 0.05) is 27.7 Å². The highest BCUT2D eigenvalue weighted by Crippen LogP contribution is 2.46. The molecule has 1 fully saturated rings. The van der Waals surface area contributed by atoms with Crippen molar-refractivity contribution in [2.75, 3.05) is 12.5 Å². The van der Waals surface area contributed by atoms with Gasteiger partial charge in [0.15, 0.2) is 29.3 Å². The molecule has 0 amide bonds. The van der Waals surface area contributed by atoms with Gasteiger partial charge in [0.25, 0.3) is 5.95 Å². The summed E-state index contributed by atoms with van der Waals surface area (Å²) in [6.07, 6.45) is -4.02. The maximum atomic E-state index is 15.8. The summed E-state index contributed by atoms with van der Waals surface area (Å²) >= 11 is 1.69. The molecule has 1 aromatic carbocycles. The molecule has 17 heteroatoms. The number of fused-ring (bicyclic) bond motifs is 1. The first-order valence-corrected chi connectivity index (χ1v) is 14.8. The molecule has 3 rings (SSSR count). The van der Waals surface area contributed by atoms with E-state index in [0.717, 1.165) is 27.7 Å². The number of esters is 4. The maximum Gasteiger partial charge on any atom is 0.305 e. The number of pyridine rings is 1. The zero-order valence-corrected chi connectivity index (χ0v) is 24.7. The minimum absolute atomic E-state index is 0.387. The number of rotatable bonds is 8. The molecule has 1 aliphatic rings. The van der Waals surface area contributed by atoms with E-state index in [4.69, 9.17) is 23.7 Å². The fraction of sp³-hybridized carbons (Fsp3) is 0.458. The van der Waals surface area contributed by atoms with Gasteiger partial charge < -0.3 is 23.7 Å². The van der Waals surface area contributed by atoms with Gasteiger partial charge in [-0.05, 0) is 12.5 Å². The Labute approximate surface area is 243 Å². The number of nitrogens with zero attached hydrogens (tertiary/aromatic N) is 1. The van der Waals surface area contributed by atoms with Crippen LogP contribution in [0.1, 0.15) is 27.7 Å². The molecule has 5 unspecified atom stereocenters. The highest BCUT2D eigenvalue weighted by Gasteiger charge is 2.54. The van der Waals surface area contributed by atoms with Crippen LogP contribution in [-0.4, -0.2) is 71.4 Å². The van der Waals surface area contributed by atoms with E-state index in [1.165, 1.54) is 12.5 Å². The van der Waals surface area contributed by atoms with Gasteiger partial charge in [0.1, 0.15) is 5.82 Å². The standard InChI is InChI=1S/C24H23F4NO9S3/c1-7(30)34-16-17(35-8(2)31)23(37-10(4)33)38-24(18(16)36-9(3)32)41-21-13(26)20(40-6)12(25)11-15(21)29-22(28)14(27)19(11)39-5/h16-18,23-24H,1-6H3. The lowest BCUT2D eigenvalue weighted by Crippen LogP contribution is -2.61. The molecule has 0 bridgehead atoms. The van der Waals surface area contributed by atoms with Gasteiger partial charge in [-0.1, -0.05) is 11.8 Å². The largest absolute Gasteiger partial charge is 0.455 e. The summed E-state index contributed by atoms with van der Waals surface area (Å²) < 4.78 is 87.0. The van der Waals surface area contributed by atoms with Crippen LogP contribution in [0.25, 0.3) is 10.9 Å². The molecule has 2 aromatic rings. The normalized spacial score (nSPS) is 22.2. The molecule has 0 spiro atoms. The molecule has 1 aliphatic heterocycles. The van der Waals surface area contributed by atoms with Gasteiger partial charge >= 0.3 is 23.9 Å². The van der Waals surface area contributed by atoms with Crippen LogP contribution in [0.5, 0.6) is 0 Å². The number of carbonyl (C=O) groups is 4. The molecule has 0 aliphatic carbocycles. The third kappa shape index (κ3) is 7.01. The molecule has 1 saturated heterocycles. The number of ether oxygens (including phenoxy) is 5. The van der Waals surface area contributed by atoms with Crippen molar-refractivity contribution >= 4 is 70.1 Å². The first-order valence-electron chi connectivity index (χ1n) is 11.5. The molecular formula is C24H23F4NO9S3. The molecule has 2 heterocycles. The van der Waals surface area contributed by atoms with Crippen molar-refractivity contribution in [3.63, 3.8) is 0 Å². The summed E-state index contributed by atoms with van der Waals surface area (Å²) in [5, 5.41) is -0.518. The smallest absolute Gasteiger partial charge is 0.305 e. The predicted molar refractivity (Wildman–Crippen MR) is 138 cm³/mol. The molecule has 5 atom stereocenters. The van der Waals surface area contributed by atoms with E-state index in [0.29, 0.717) is 35.3 Å². The van der Waals surface area contributed by atoms with Crippen LogP contribution in [0, 0.1) is 23.4 Å². The number of hydrogen-bond donors (Lipinski definition) is 0. The molecule has 0 N–H and O–H groups in total. The lowest BCUT2D eigenvalue weighted by atomic mass is 10.0. The van der Waals surface area contributed by atoms with Crippen LogP contribution >= 0.6 is 35.3 Å². The lowest BCUT2D eigenvalue weighted by molar-refractivity contribution is -0.280. The first-order chi connectivity index (χ1) is 19.2.